The van der Waals surface area contributed by atoms with E-state index >= 15 is 0 Å². The molecule has 0 aliphatic carbocycles. The minimum absolute atomic E-state index is 0.113. The summed E-state index contributed by atoms with van der Waals surface area (Å²) in [4.78, 5) is 4.42. The second-order valence-electron chi connectivity index (χ2n) is 6.10. The van der Waals surface area contributed by atoms with Crippen molar-refractivity contribution in [2.75, 3.05) is 12.4 Å². The zero-order valence-electron chi connectivity index (χ0n) is 13.2. The third-order valence-corrected chi connectivity index (χ3v) is 3.26. The Morgan fingerprint density at radius 1 is 1.27 bits per heavy atom. The van der Waals surface area contributed by atoms with Gasteiger partial charge in [-0.05, 0) is 26.8 Å². The number of nitrogens with one attached hydrogen (secondary N) is 1. The third-order valence-electron chi connectivity index (χ3n) is 3.26. The second-order valence-corrected chi connectivity index (χ2v) is 6.10. The molecule has 7 nitrogen and oxygen atoms in total. The van der Waals surface area contributed by atoms with Gasteiger partial charge in [-0.15, -0.1) is 0 Å². The predicted octanol–water partition coefficient (Wildman–Crippen LogP) is 2.57. The van der Waals surface area contributed by atoms with Gasteiger partial charge in [-0.2, -0.15) is 10.2 Å². The smallest absolute Gasteiger partial charge is 0.157 e. The fraction of sp³-hybridized carbons (Fsp3) is 0.400. The summed E-state index contributed by atoms with van der Waals surface area (Å²) in [6, 6.07) is 3.90. The molecule has 0 amide bonds. The highest BCUT2D eigenvalue weighted by atomic mass is 16.5. The average Bonchev–Trinajstić information content (AvgIpc) is 3.05. The number of rotatable bonds is 4. The Bertz CT molecular complexity index is 783. The summed E-state index contributed by atoms with van der Waals surface area (Å²) in [7, 11) is 1.66. The van der Waals surface area contributed by atoms with E-state index in [1.807, 2.05) is 23.0 Å². The molecule has 116 valence electrons. The van der Waals surface area contributed by atoms with Crippen LogP contribution in [0.5, 0.6) is 0 Å². The van der Waals surface area contributed by atoms with Crippen LogP contribution in [-0.2, 0) is 16.9 Å². The largest absolute Gasteiger partial charge is 0.378 e. The maximum Gasteiger partial charge on any atom is 0.157 e. The van der Waals surface area contributed by atoms with Crippen LogP contribution < -0.4 is 5.32 Å². The highest BCUT2D eigenvalue weighted by molar-refractivity contribution is 5.72. The van der Waals surface area contributed by atoms with Crippen molar-refractivity contribution in [3.8, 4) is 0 Å². The van der Waals surface area contributed by atoms with E-state index in [4.69, 9.17) is 4.74 Å². The Labute approximate surface area is 128 Å². The predicted molar refractivity (Wildman–Crippen MR) is 84.2 cm³/mol. The fourth-order valence-electron chi connectivity index (χ4n) is 2.34. The van der Waals surface area contributed by atoms with E-state index in [1.54, 1.807) is 24.0 Å². The normalized spacial score (nSPS) is 12.0. The number of anilines is 2. The summed E-state index contributed by atoms with van der Waals surface area (Å²) in [5.74, 6) is 1.63. The van der Waals surface area contributed by atoms with E-state index in [1.165, 1.54) is 0 Å². The zero-order valence-corrected chi connectivity index (χ0v) is 13.2. The van der Waals surface area contributed by atoms with Gasteiger partial charge in [0.2, 0.25) is 0 Å². The lowest BCUT2D eigenvalue weighted by Gasteiger charge is -2.22. The number of nitrogens with zero attached hydrogens (tertiary/aromatic N) is 5. The molecule has 0 atom stereocenters. The van der Waals surface area contributed by atoms with E-state index in [9.17, 15) is 0 Å². The standard InChI is InChI=1S/C15H20N6O/c1-15(2,3)21-13(5-6-17-21)18-14-12-9-11(10-22-4)19-20(12)8-7-16-14/h5-9H,10H2,1-4H3,(H,16,18). The molecule has 1 N–H and O–H groups in total. The van der Waals surface area contributed by atoms with Crippen LogP contribution in [0, 0.1) is 0 Å². The minimum Gasteiger partial charge on any atom is -0.378 e. The van der Waals surface area contributed by atoms with Gasteiger partial charge in [0.05, 0.1) is 24.0 Å². The van der Waals surface area contributed by atoms with Gasteiger partial charge >= 0.3 is 0 Å². The van der Waals surface area contributed by atoms with Crippen LogP contribution in [0.3, 0.4) is 0 Å². The first-order valence-electron chi connectivity index (χ1n) is 7.13. The van der Waals surface area contributed by atoms with Crippen molar-refractivity contribution in [2.24, 2.45) is 0 Å². The quantitative estimate of drug-likeness (QED) is 0.802. The Morgan fingerprint density at radius 2 is 2.09 bits per heavy atom. The molecule has 0 unspecified atom stereocenters. The van der Waals surface area contributed by atoms with Crippen molar-refractivity contribution in [3.05, 3.63) is 36.4 Å². The highest BCUT2D eigenvalue weighted by Crippen LogP contribution is 2.24. The summed E-state index contributed by atoms with van der Waals surface area (Å²) >= 11 is 0. The summed E-state index contributed by atoms with van der Waals surface area (Å²) in [5.41, 5.74) is 1.65. The molecule has 3 aromatic rings. The van der Waals surface area contributed by atoms with E-state index in [0.717, 1.165) is 22.8 Å². The summed E-state index contributed by atoms with van der Waals surface area (Å²) in [6.07, 6.45) is 5.32. The molecule has 22 heavy (non-hydrogen) atoms. The van der Waals surface area contributed by atoms with Gasteiger partial charge in [0, 0.05) is 25.6 Å². The lowest BCUT2D eigenvalue weighted by molar-refractivity contribution is 0.181. The SMILES string of the molecule is COCc1cc2c(Nc3ccnn3C(C)(C)C)nccn2n1. The van der Waals surface area contributed by atoms with Gasteiger partial charge < -0.3 is 10.1 Å². The van der Waals surface area contributed by atoms with Crippen molar-refractivity contribution in [1.29, 1.82) is 0 Å². The van der Waals surface area contributed by atoms with Crippen molar-refractivity contribution >= 4 is 17.2 Å². The maximum absolute atomic E-state index is 5.14. The van der Waals surface area contributed by atoms with Gasteiger partial charge in [0.1, 0.15) is 11.3 Å². The van der Waals surface area contributed by atoms with Gasteiger partial charge in [-0.25, -0.2) is 14.2 Å². The number of hydrogen-bond donors (Lipinski definition) is 1. The van der Waals surface area contributed by atoms with Crippen LogP contribution in [0.25, 0.3) is 5.52 Å². The fourth-order valence-corrected chi connectivity index (χ4v) is 2.34. The first kappa shape index (κ1) is 14.5. The van der Waals surface area contributed by atoms with E-state index in [2.05, 4.69) is 41.3 Å². The number of fused-ring (bicyclic) bond motifs is 1. The number of ether oxygens (including phenoxy) is 1. The molecular formula is C15H20N6O. The van der Waals surface area contributed by atoms with Crippen LogP contribution in [0.2, 0.25) is 0 Å². The molecule has 3 aromatic heterocycles. The lowest BCUT2D eigenvalue weighted by atomic mass is 10.1. The maximum atomic E-state index is 5.14. The Balaban J connectivity index is 1.99. The summed E-state index contributed by atoms with van der Waals surface area (Å²) < 4.78 is 8.86. The number of methoxy groups -OCH3 is 1. The van der Waals surface area contributed by atoms with Gasteiger partial charge in [-0.1, -0.05) is 0 Å². The molecular weight excluding hydrogens is 280 g/mol. The number of hydrogen-bond acceptors (Lipinski definition) is 5. The van der Waals surface area contributed by atoms with E-state index in [-0.39, 0.29) is 5.54 Å². The second kappa shape index (κ2) is 5.42. The van der Waals surface area contributed by atoms with Crippen LogP contribution >= 0.6 is 0 Å². The lowest BCUT2D eigenvalue weighted by Crippen LogP contribution is -2.24. The van der Waals surface area contributed by atoms with Crippen LogP contribution in [0.4, 0.5) is 11.6 Å². The molecule has 0 saturated heterocycles. The van der Waals surface area contributed by atoms with E-state index < -0.39 is 0 Å². The highest BCUT2D eigenvalue weighted by Gasteiger charge is 2.18. The van der Waals surface area contributed by atoms with Crippen molar-refractivity contribution in [1.82, 2.24) is 24.4 Å². The van der Waals surface area contributed by atoms with Crippen molar-refractivity contribution in [3.63, 3.8) is 0 Å². The molecule has 0 bridgehead atoms. The molecule has 3 heterocycles. The molecule has 7 heteroatoms. The van der Waals surface area contributed by atoms with Crippen molar-refractivity contribution < 1.29 is 4.74 Å². The van der Waals surface area contributed by atoms with E-state index in [0.29, 0.717) is 6.61 Å². The van der Waals surface area contributed by atoms with Crippen LogP contribution in [-0.4, -0.2) is 31.5 Å². The Hall–Kier alpha value is -2.41. The molecule has 0 spiro atoms. The topological polar surface area (TPSA) is 69.3 Å². The molecule has 0 fully saturated rings. The van der Waals surface area contributed by atoms with Gasteiger partial charge in [0.25, 0.3) is 0 Å². The van der Waals surface area contributed by atoms with Gasteiger partial charge in [-0.3, -0.25) is 0 Å². The van der Waals surface area contributed by atoms with Crippen molar-refractivity contribution in [2.45, 2.75) is 32.9 Å². The number of aromatic nitrogens is 5. The molecule has 0 saturated carbocycles. The third kappa shape index (κ3) is 2.67. The van der Waals surface area contributed by atoms with Crippen LogP contribution in [0.15, 0.2) is 30.7 Å². The molecule has 3 rings (SSSR count). The molecule has 0 radical (unpaired) electrons. The van der Waals surface area contributed by atoms with Crippen LogP contribution in [0.1, 0.15) is 26.5 Å². The first-order valence-corrected chi connectivity index (χ1v) is 7.13. The Morgan fingerprint density at radius 3 is 2.82 bits per heavy atom. The Kier molecular flexibility index (Phi) is 3.58. The summed E-state index contributed by atoms with van der Waals surface area (Å²) in [5, 5.41) is 12.2. The minimum atomic E-state index is -0.113. The molecule has 0 aliphatic heterocycles. The summed E-state index contributed by atoms with van der Waals surface area (Å²) in [6.45, 7) is 6.79. The zero-order chi connectivity index (χ0) is 15.7. The first-order chi connectivity index (χ1) is 10.5. The monoisotopic (exact) mass is 300 g/mol. The van der Waals surface area contributed by atoms with Gasteiger partial charge in [0.15, 0.2) is 5.82 Å². The molecule has 0 aromatic carbocycles. The average molecular weight is 300 g/mol. The molecule has 0 aliphatic rings.